The molecular weight excluding hydrogens is 215 g/mol. The first-order valence-corrected chi connectivity index (χ1v) is 6.10. The maximum absolute atomic E-state index is 6.00. The summed E-state index contributed by atoms with van der Waals surface area (Å²) < 4.78 is 12.0. The summed E-state index contributed by atoms with van der Waals surface area (Å²) >= 11 is 0. The molecule has 2 rings (SSSR count). The third kappa shape index (κ3) is 2.31. The smallest absolute Gasteiger partial charge is 0.400 e. The lowest BCUT2D eigenvalue weighted by molar-refractivity contribution is 0.00578. The van der Waals surface area contributed by atoms with Gasteiger partial charge in [-0.3, -0.25) is 0 Å². The van der Waals surface area contributed by atoms with Gasteiger partial charge in [0.15, 0.2) is 0 Å². The first kappa shape index (κ1) is 12.8. The van der Waals surface area contributed by atoms with Crippen LogP contribution in [-0.4, -0.2) is 23.9 Å². The standard InChI is InChI=1S/C12H21BN2O2/c1-10(2)7-9(8-14-15-10)13-16-11(3,4)12(5,6)17-13/h8H,7H2,1-6H3. The van der Waals surface area contributed by atoms with Gasteiger partial charge >= 0.3 is 7.12 Å². The molecule has 0 aliphatic carbocycles. The largest absolute Gasteiger partial charge is 0.492 e. The Bertz CT molecular complexity index is 370. The van der Waals surface area contributed by atoms with E-state index in [0.29, 0.717) is 0 Å². The average Bonchev–Trinajstić information content (AvgIpc) is 2.34. The summed E-state index contributed by atoms with van der Waals surface area (Å²) in [6.45, 7) is 12.4. The predicted octanol–water partition coefficient (Wildman–Crippen LogP) is 3.14. The van der Waals surface area contributed by atoms with Gasteiger partial charge in [0.25, 0.3) is 0 Å². The van der Waals surface area contributed by atoms with Crippen molar-refractivity contribution in [3.63, 3.8) is 0 Å². The third-order valence-corrected chi connectivity index (χ3v) is 3.74. The Morgan fingerprint density at radius 2 is 1.59 bits per heavy atom. The monoisotopic (exact) mass is 236 g/mol. The molecule has 1 saturated heterocycles. The summed E-state index contributed by atoms with van der Waals surface area (Å²) in [5, 5.41) is 8.25. The highest BCUT2D eigenvalue weighted by Gasteiger charge is 2.53. The number of rotatable bonds is 1. The van der Waals surface area contributed by atoms with Crippen LogP contribution in [-0.2, 0) is 9.31 Å². The van der Waals surface area contributed by atoms with Gasteiger partial charge in [0.05, 0.1) is 16.7 Å². The molecule has 0 aromatic heterocycles. The molecule has 0 bridgehead atoms. The average molecular weight is 236 g/mol. The molecule has 0 saturated carbocycles. The van der Waals surface area contributed by atoms with Crippen molar-refractivity contribution in [1.29, 1.82) is 0 Å². The van der Waals surface area contributed by atoms with E-state index in [2.05, 4.69) is 51.8 Å². The first-order valence-electron chi connectivity index (χ1n) is 6.10. The van der Waals surface area contributed by atoms with Gasteiger partial charge in [-0.15, -0.1) is 0 Å². The van der Waals surface area contributed by atoms with E-state index < -0.39 is 0 Å². The van der Waals surface area contributed by atoms with E-state index in [4.69, 9.17) is 9.31 Å². The topological polar surface area (TPSA) is 43.2 Å². The van der Waals surface area contributed by atoms with Crippen LogP contribution >= 0.6 is 0 Å². The summed E-state index contributed by atoms with van der Waals surface area (Å²) in [6.07, 6.45) is 2.60. The maximum Gasteiger partial charge on any atom is 0.492 e. The van der Waals surface area contributed by atoms with Gasteiger partial charge in [-0.25, -0.2) is 0 Å². The molecule has 2 aliphatic rings. The van der Waals surface area contributed by atoms with Gasteiger partial charge in [0.2, 0.25) is 0 Å². The Balaban J connectivity index is 2.17. The maximum atomic E-state index is 6.00. The van der Waals surface area contributed by atoms with Crippen LogP contribution < -0.4 is 0 Å². The summed E-state index contributed by atoms with van der Waals surface area (Å²) in [4.78, 5) is 0. The van der Waals surface area contributed by atoms with Crippen molar-refractivity contribution in [2.45, 2.75) is 64.7 Å². The molecule has 1 fully saturated rings. The van der Waals surface area contributed by atoms with Crippen LogP contribution in [0.25, 0.3) is 0 Å². The SMILES string of the molecule is CC1(C)CC(B2OC(C)(C)C(C)(C)O2)=CN=N1. The molecule has 0 radical (unpaired) electrons. The highest BCUT2D eigenvalue weighted by Crippen LogP contribution is 2.40. The molecule has 4 nitrogen and oxygen atoms in total. The molecule has 2 heterocycles. The van der Waals surface area contributed by atoms with E-state index in [1.165, 1.54) is 0 Å². The molecular formula is C12H21BN2O2. The Hall–Kier alpha value is -0.675. The predicted molar refractivity (Wildman–Crippen MR) is 67.7 cm³/mol. The van der Waals surface area contributed by atoms with Crippen molar-refractivity contribution in [2.75, 3.05) is 0 Å². The molecule has 0 atom stereocenters. The van der Waals surface area contributed by atoms with Crippen molar-refractivity contribution >= 4 is 7.12 Å². The summed E-state index contributed by atoms with van der Waals surface area (Å²) in [5.41, 5.74) is 0.325. The van der Waals surface area contributed by atoms with E-state index in [9.17, 15) is 0 Å². The number of azo groups is 1. The number of hydrogen-bond acceptors (Lipinski definition) is 4. The van der Waals surface area contributed by atoms with Gasteiger partial charge in [-0.2, -0.15) is 10.2 Å². The fourth-order valence-corrected chi connectivity index (χ4v) is 1.98. The van der Waals surface area contributed by atoms with Crippen molar-refractivity contribution in [2.24, 2.45) is 10.2 Å². The molecule has 0 spiro atoms. The number of hydrogen-bond donors (Lipinski definition) is 0. The molecule has 94 valence electrons. The molecule has 0 aromatic rings. The van der Waals surface area contributed by atoms with Crippen molar-refractivity contribution < 1.29 is 9.31 Å². The normalized spacial score (nSPS) is 29.3. The molecule has 2 aliphatic heterocycles. The van der Waals surface area contributed by atoms with Crippen molar-refractivity contribution in [3.8, 4) is 0 Å². The summed E-state index contributed by atoms with van der Waals surface area (Å²) in [7, 11) is -0.293. The van der Waals surface area contributed by atoms with Crippen LogP contribution in [0.4, 0.5) is 0 Å². The number of nitrogens with zero attached hydrogens (tertiary/aromatic N) is 2. The van der Waals surface area contributed by atoms with Gasteiger partial charge in [0.1, 0.15) is 0 Å². The zero-order valence-electron chi connectivity index (χ0n) is 11.6. The van der Waals surface area contributed by atoms with Gasteiger partial charge in [-0.1, -0.05) is 0 Å². The first-order chi connectivity index (χ1) is 7.63. The summed E-state index contributed by atoms with van der Waals surface area (Å²) in [6, 6.07) is 0. The lowest BCUT2D eigenvalue weighted by Gasteiger charge is -2.32. The minimum atomic E-state index is -0.294. The molecule has 17 heavy (non-hydrogen) atoms. The van der Waals surface area contributed by atoms with E-state index >= 15 is 0 Å². The van der Waals surface area contributed by atoms with Gasteiger partial charge < -0.3 is 9.31 Å². The summed E-state index contributed by atoms with van der Waals surface area (Å²) in [5.74, 6) is 0. The third-order valence-electron chi connectivity index (χ3n) is 3.74. The highest BCUT2D eigenvalue weighted by atomic mass is 16.7. The van der Waals surface area contributed by atoms with Crippen LogP contribution in [0.15, 0.2) is 21.9 Å². The van der Waals surface area contributed by atoms with Crippen LogP contribution in [0.5, 0.6) is 0 Å². The second-order valence-corrected chi connectivity index (χ2v) is 6.50. The zero-order chi connectivity index (χ0) is 12.9. The van der Waals surface area contributed by atoms with Crippen LogP contribution in [0.3, 0.4) is 0 Å². The molecule has 0 aromatic carbocycles. The Morgan fingerprint density at radius 1 is 1.06 bits per heavy atom. The Kier molecular flexibility index (Phi) is 2.75. The minimum Gasteiger partial charge on any atom is -0.400 e. The fraction of sp³-hybridized carbons (Fsp3) is 0.833. The molecule has 0 unspecified atom stereocenters. The highest BCUT2D eigenvalue weighted by molar-refractivity contribution is 6.54. The molecule has 5 heteroatoms. The minimum absolute atomic E-state index is 0.159. The van der Waals surface area contributed by atoms with Crippen molar-refractivity contribution in [3.05, 3.63) is 11.7 Å². The van der Waals surface area contributed by atoms with Gasteiger partial charge in [0, 0.05) is 6.20 Å². The second kappa shape index (κ2) is 3.66. The van der Waals surface area contributed by atoms with E-state index in [1.807, 2.05) is 0 Å². The van der Waals surface area contributed by atoms with Gasteiger partial charge in [-0.05, 0) is 53.4 Å². The van der Waals surface area contributed by atoms with E-state index in [-0.39, 0.29) is 23.9 Å². The lowest BCUT2D eigenvalue weighted by Crippen LogP contribution is -2.41. The molecule has 0 amide bonds. The van der Waals surface area contributed by atoms with Crippen LogP contribution in [0.2, 0.25) is 0 Å². The zero-order valence-corrected chi connectivity index (χ0v) is 11.6. The van der Waals surface area contributed by atoms with Crippen LogP contribution in [0.1, 0.15) is 48.0 Å². The van der Waals surface area contributed by atoms with E-state index in [1.54, 1.807) is 6.20 Å². The fourth-order valence-electron chi connectivity index (χ4n) is 1.98. The lowest BCUT2D eigenvalue weighted by atomic mass is 9.72. The Morgan fingerprint density at radius 3 is 2.06 bits per heavy atom. The quantitative estimate of drug-likeness (QED) is 0.656. The van der Waals surface area contributed by atoms with Crippen molar-refractivity contribution in [1.82, 2.24) is 0 Å². The second-order valence-electron chi connectivity index (χ2n) is 6.50. The van der Waals surface area contributed by atoms with Crippen LogP contribution in [0, 0.1) is 0 Å². The molecule has 0 N–H and O–H groups in total. The Labute approximate surface area is 104 Å². The van der Waals surface area contributed by atoms with E-state index in [0.717, 1.165) is 11.9 Å².